The Balaban J connectivity index is 1.94. The molecule has 7 heteroatoms. The standard InChI is InChI=1S/C15H11Cl2N3O2/c16-11-7-4-8-12(13(11)17)19-14(21)15(22)20-18-9-10-5-2-1-3-6-10/h1-9H,(H,19,21)(H,20,22)/b18-9+. The van der Waals surface area contributed by atoms with Crippen LogP contribution in [0.1, 0.15) is 5.56 Å². The highest BCUT2D eigenvalue weighted by Gasteiger charge is 2.15. The SMILES string of the molecule is O=C(N/N=C/c1ccccc1)C(=O)Nc1cccc(Cl)c1Cl. The van der Waals surface area contributed by atoms with Crippen LogP contribution in [0.25, 0.3) is 0 Å². The average molecular weight is 336 g/mol. The van der Waals surface area contributed by atoms with E-state index in [1.807, 2.05) is 30.3 Å². The zero-order chi connectivity index (χ0) is 15.9. The lowest BCUT2D eigenvalue weighted by molar-refractivity contribution is -0.136. The Hall–Kier alpha value is -2.37. The van der Waals surface area contributed by atoms with E-state index in [0.717, 1.165) is 5.56 Å². The van der Waals surface area contributed by atoms with Gasteiger partial charge in [0.1, 0.15) is 0 Å². The van der Waals surface area contributed by atoms with Crippen LogP contribution in [0.4, 0.5) is 5.69 Å². The van der Waals surface area contributed by atoms with E-state index in [1.54, 1.807) is 12.1 Å². The third kappa shape index (κ3) is 4.31. The Bertz CT molecular complexity index is 718. The second kappa shape index (κ2) is 7.59. The van der Waals surface area contributed by atoms with Crippen molar-refractivity contribution in [1.29, 1.82) is 0 Å². The third-order valence-electron chi connectivity index (χ3n) is 2.59. The van der Waals surface area contributed by atoms with Gasteiger partial charge in [0.05, 0.1) is 21.9 Å². The fraction of sp³-hybridized carbons (Fsp3) is 0. The fourth-order valence-electron chi connectivity index (χ4n) is 1.53. The van der Waals surface area contributed by atoms with Crippen molar-refractivity contribution in [3.63, 3.8) is 0 Å². The number of amides is 2. The molecule has 0 aliphatic carbocycles. The van der Waals surface area contributed by atoms with E-state index in [2.05, 4.69) is 15.8 Å². The smallest absolute Gasteiger partial charge is 0.316 e. The van der Waals surface area contributed by atoms with Gasteiger partial charge in [0.15, 0.2) is 0 Å². The van der Waals surface area contributed by atoms with Crippen LogP contribution in [0, 0.1) is 0 Å². The van der Waals surface area contributed by atoms with Crippen LogP contribution in [-0.2, 0) is 9.59 Å². The molecule has 112 valence electrons. The first-order chi connectivity index (χ1) is 10.6. The molecule has 0 saturated carbocycles. The molecule has 5 nitrogen and oxygen atoms in total. The number of benzene rings is 2. The van der Waals surface area contributed by atoms with Crippen LogP contribution in [0.5, 0.6) is 0 Å². The lowest BCUT2D eigenvalue weighted by Crippen LogP contribution is -2.32. The van der Waals surface area contributed by atoms with E-state index in [0.29, 0.717) is 0 Å². The number of rotatable bonds is 3. The third-order valence-corrected chi connectivity index (χ3v) is 3.40. The summed E-state index contributed by atoms with van der Waals surface area (Å²) in [7, 11) is 0. The molecular weight excluding hydrogens is 325 g/mol. The second-order valence-electron chi connectivity index (χ2n) is 4.17. The van der Waals surface area contributed by atoms with Gasteiger partial charge in [-0.05, 0) is 17.7 Å². The number of hydrogen-bond acceptors (Lipinski definition) is 3. The molecular formula is C15H11Cl2N3O2. The summed E-state index contributed by atoms with van der Waals surface area (Å²) in [5.41, 5.74) is 3.17. The summed E-state index contributed by atoms with van der Waals surface area (Å²) in [6, 6.07) is 13.8. The summed E-state index contributed by atoms with van der Waals surface area (Å²) in [5, 5.41) is 6.50. The van der Waals surface area contributed by atoms with Crippen LogP contribution in [0.15, 0.2) is 53.6 Å². The van der Waals surface area contributed by atoms with E-state index in [9.17, 15) is 9.59 Å². The van der Waals surface area contributed by atoms with Crippen molar-refractivity contribution in [2.75, 3.05) is 5.32 Å². The Kier molecular flexibility index (Phi) is 5.52. The maximum atomic E-state index is 11.7. The van der Waals surface area contributed by atoms with Gasteiger partial charge in [0.2, 0.25) is 0 Å². The van der Waals surface area contributed by atoms with Crippen molar-refractivity contribution < 1.29 is 9.59 Å². The molecule has 2 aromatic carbocycles. The van der Waals surface area contributed by atoms with Crippen molar-refractivity contribution in [2.45, 2.75) is 0 Å². The molecule has 0 heterocycles. The second-order valence-corrected chi connectivity index (χ2v) is 4.95. The van der Waals surface area contributed by atoms with Gasteiger partial charge in [0.25, 0.3) is 0 Å². The lowest BCUT2D eigenvalue weighted by atomic mass is 10.2. The van der Waals surface area contributed by atoms with Crippen LogP contribution < -0.4 is 10.7 Å². The highest BCUT2D eigenvalue weighted by atomic mass is 35.5. The van der Waals surface area contributed by atoms with Gasteiger partial charge in [-0.2, -0.15) is 5.10 Å². The fourth-order valence-corrected chi connectivity index (χ4v) is 1.88. The molecule has 22 heavy (non-hydrogen) atoms. The normalized spacial score (nSPS) is 10.5. The molecule has 0 saturated heterocycles. The Morgan fingerprint density at radius 1 is 0.955 bits per heavy atom. The summed E-state index contributed by atoms with van der Waals surface area (Å²) in [6.45, 7) is 0. The van der Waals surface area contributed by atoms with Crippen LogP contribution >= 0.6 is 23.2 Å². The van der Waals surface area contributed by atoms with Crippen LogP contribution in [0.3, 0.4) is 0 Å². The summed E-state index contributed by atoms with van der Waals surface area (Å²) in [6.07, 6.45) is 1.43. The number of nitrogens with zero attached hydrogens (tertiary/aromatic N) is 1. The molecule has 0 bridgehead atoms. The van der Waals surface area contributed by atoms with Crippen molar-refractivity contribution in [2.24, 2.45) is 5.10 Å². The zero-order valence-corrected chi connectivity index (χ0v) is 12.7. The molecule has 2 aromatic rings. The predicted octanol–water partition coefficient (Wildman–Crippen LogP) is 3.08. The molecule has 0 aliphatic rings. The van der Waals surface area contributed by atoms with Gasteiger partial charge in [-0.1, -0.05) is 59.6 Å². The van der Waals surface area contributed by atoms with E-state index >= 15 is 0 Å². The highest BCUT2D eigenvalue weighted by Crippen LogP contribution is 2.29. The average Bonchev–Trinajstić information content (AvgIpc) is 2.52. The lowest BCUT2D eigenvalue weighted by Gasteiger charge is -2.06. The number of hydrogen-bond donors (Lipinski definition) is 2. The number of carbonyl (C=O) groups excluding carboxylic acids is 2. The maximum absolute atomic E-state index is 11.7. The van der Waals surface area contributed by atoms with E-state index < -0.39 is 11.8 Å². The molecule has 0 aromatic heterocycles. The number of carbonyl (C=O) groups is 2. The summed E-state index contributed by atoms with van der Waals surface area (Å²) < 4.78 is 0. The molecule has 0 fully saturated rings. The Morgan fingerprint density at radius 3 is 2.41 bits per heavy atom. The quantitative estimate of drug-likeness (QED) is 0.514. The maximum Gasteiger partial charge on any atom is 0.329 e. The largest absolute Gasteiger partial charge is 0.329 e. The van der Waals surface area contributed by atoms with E-state index in [4.69, 9.17) is 23.2 Å². The predicted molar refractivity (Wildman–Crippen MR) is 87.3 cm³/mol. The summed E-state index contributed by atoms with van der Waals surface area (Å²) in [4.78, 5) is 23.3. The first-order valence-corrected chi connectivity index (χ1v) is 6.97. The Morgan fingerprint density at radius 2 is 1.68 bits per heavy atom. The highest BCUT2D eigenvalue weighted by molar-refractivity contribution is 6.45. The van der Waals surface area contributed by atoms with Crippen LogP contribution in [-0.4, -0.2) is 18.0 Å². The van der Waals surface area contributed by atoms with Crippen LogP contribution in [0.2, 0.25) is 10.0 Å². The van der Waals surface area contributed by atoms with Gasteiger partial charge in [-0.25, -0.2) is 5.43 Å². The number of halogens is 2. The molecule has 0 radical (unpaired) electrons. The summed E-state index contributed by atoms with van der Waals surface area (Å²) >= 11 is 11.7. The minimum Gasteiger partial charge on any atom is -0.316 e. The Labute approximate surface area is 136 Å². The first kappa shape index (κ1) is 16.0. The molecule has 0 spiro atoms. The minimum atomic E-state index is -0.914. The van der Waals surface area contributed by atoms with Gasteiger partial charge in [0, 0.05) is 0 Å². The van der Waals surface area contributed by atoms with Crippen molar-refractivity contribution in [3.8, 4) is 0 Å². The van der Waals surface area contributed by atoms with Crippen molar-refractivity contribution in [1.82, 2.24) is 5.43 Å². The topological polar surface area (TPSA) is 70.6 Å². The molecule has 0 atom stereocenters. The monoisotopic (exact) mass is 335 g/mol. The van der Waals surface area contributed by atoms with E-state index in [1.165, 1.54) is 12.3 Å². The molecule has 2 N–H and O–H groups in total. The van der Waals surface area contributed by atoms with Crippen molar-refractivity contribution in [3.05, 3.63) is 64.1 Å². The van der Waals surface area contributed by atoms with E-state index in [-0.39, 0.29) is 15.7 Å². The first-order valence-electron chi connectivity index (χ1n) is 6.21. The van der Waals surface area contributed by atoms with Gasteiger partial charge < -0.3 is 5.32 Å². The molecule has 2 amide bonds. The number of anilines is 1. The molecule has 2 rings (SSSR count). The van der Waals surface area contributed by atoms with Gasteiger partial charge >= 0.3 is 11.8 Å². The molecule has 0 aliphatic heterocycles. The minimum absolute atomic E-state index is 0.165. The molecule has 0 unspecified atom stereocenters. The van der Waals surface area contributed by atoms with Crippen molar-refractivity contribution >= 4 is 46.9 Å². The zero-order valence-electron chi connectivity index (χ0n) is 11.2. The summed E-state index contributed by atoms with van der Waals surface area (Å²) in [5.74, 6) is -1.81. The van der Waals surface area contributed by atoms with Gasteiger partial charge in [-0.3, -0.25) is 9.59 Å². The van der Waals surface area contributed by atoms with Gasteiger partial charge in [-0.15, -0.1) is 0 Å². The number of hydrazone groups is 1. The number of nitrogens with one attached hydrogen (secondary N) is 2.